The van der Waals surface area contributed by atoms with Gasteiger partial charge >= 0.3 is 0 Å². The number of nitrogens with zero attached hydrogens (tertiary/aromatic N) is 4. The fourth-order valence-electron chi connectivity index (χ4n) is 2.96. The predicted molar refractivity (Wildman–Crippen MR) is 134 cm³/mol. The monoisotopic (exact) mass is 509 g/mol. The van der Waals surface area contributed by atoms with E-state index in [1.807, 2.05) is 6.07 Å². The lowest BCUT2D eigenvalue weighted by Gasteiger charge is -2.16. The van der Waals surface area contributed by atoms with Gasteiger partial charge in [0.1, 0.15) is 0 Å². The number of hydrogen-bond donors (Lipinski definition) is 1. The maximum Gasteiger partial charge on any atom is 0.263 e. The molecule has 186 valence electrons. The standard InChI is InChI=1S/C24H21N5O5S.H2O/c1-32-18-11-6-7-12-19(18)34-20-21(29-35(30,31)16-13-17-9-4-3-5-10-17)27-23(28-24(20)33-2)22-25-14-8-15-26-22;/h3-16H,1-2H3,(H,27,28,29);1H2. The molecule has 0 fully saturated rings. The zero-order chi connectivity index (χ0) is 24.7. The SMILES string of the molecule is COc1ccccc1Oc1c(NS(=O)(=O)C=Cc2ccccc2)nc(-c2ncccn2)nc1OC.O. The van der Waals surface area contributed by atoms with Crippen LogP contribution >= 0.6 is 0 Å². The Morgan fingerprint density at radius 1 is 0.806 bits per heavy atom. The molecule has 0 atom stereocenters. The molecule has 36 heavy (non-hydrogen) atoms. The van der Waals surface area contributed by atoms with Crippen LogP contribution in [0, 0.1) is 0 Å². The molecule has 11 nitrogen and oxygen atoms in total. The van der Waals surface area contributed by atoms with Gasteiger partial charge in [-0.25, -0.2) is 23.4 Å². The smallest absolute Gasteiger partial charge is 0.263 e. The van der Waals surface area contributed by atoms with E-state index in [1.165, 1.54) is 32.7 Å². The Bertz CT molecular complexity index is 1430. The highest BCUT2D eigenvalue weighted by Crippen LogP contribution is 2.40. The minimum Gasteiger partial charge on any atom is -0.493 e. The number of nitrogens with one attached hydrogen (secondary N) is 1. The number of ether oxygens (including phenoxy) is 3. The van der Waals surface area contributed by atoms with Crippen LogP contribution in [0.3, 0.4) is 0 Å². The highest BCUT2D eigenvalue weighted by atomic mass is 32.2. The lowest BCUT2D eigenvalue weighted by Crippen LogP contribution is -2.13. The van der Waals surface area contributed by atoms with Crippen molar-refractivity contribution in [3.63, 3.8) is 0 Å². The van der Waals surface area contributed by atoms with E-state index in [2.05, 4.69) is 24.7 Å². The van der Waals surface area contributed by atoms with Crippen molar-refractivity contribution in [3.8, 4) is 34.8 Å². The summed E-state index contributed by atoms with van der Waals surface area (Å²) in [5.74, 6) is 0.688. The van der Waals surface area contributed by atoms with Crippen LogP contribution in [0.1, 0.15) is 5.56 Å². The van der Waals surface area contributed by atoms with Crippen LogP contribution in [-0.2, 0) is 10.0 Å². The molecular formula is C24H23N5O6S. The first kappa shape index (κ1) is 26.1. The predicted octanol–water partition coefficient (Wildman–Crippen LogP) is 3.33. The van der Waals surface area contributed by atoms with E-state index in [0.29, 0.717) is 17.1 Å². The lowest BCUT2D eigenvalue weighted by molar-refractivity contribution is 0.348. The Morgan fingerprint density at radius 3 is 2.14 bits per heavy atom. The zero-order valence-corrected chi connectivity index (χ0v) is 20.1. The molecule has 2 aromatic heterocycles. The first-order chi connectivity index (χ1) is 17.0. The lowest BCUT2D eigenvalue weighted by atomic mass is 10.2. The van der Waals surface area contributed by atoms with Crippen LogP contribution in [0.2, 0.25) is 0 Å². The minimum atomic E-state index is -4.02. The molecule has 0 bridgehead atoms. The van der Waals surface area contributed by atoms with Gasteiger partial charge in [0.15, 0.2) is 23.1 Å². The van der Waals surface area contributed by atoms with Crippen LogP contribution in [0.25, 0.3) is 17.7 Å². The van der Waals surface area contributed by atoms with E-state index in [9.17, 15) is 8.42 Å². The molecule has 4 rings (SSSR count). The zero-order valence-electron chi connectivity index (χ0n) is 19.3. The van der Waals surface area contributed by atoms with E-state index >= 15 is 0 Å². The maximum absolute atomic E-state index is 12.9. The molecule has 4 aromatic rings. The molecule has 0 saturated carbocycles. The van der Waals surface area contributed by atoms with E-state index < -0.39 is 10.0 Å². The molecule has 2 heterocycles. The van der Waals surface area contributed by atoms with Crippen molar-refractivity contribution in [1.29, 1.82) is 0 Å². The van der Waals surface area contributed by atoms with Crippen LogP contribution in [0.15, 0.2) is 78.5 Å². The number of para-hydroxylation sites is 2. The topological polar surface area (TPSA) is 157 Å². The number of methoxy groups -OCH3 is 2. The Hall–Kier alpha value is -4.55. The molecule has 0 aliphatic carbocycles. The quantitative estimate of drug-likeness (QED) is 0.357. The highest BCUT2D eigenvalue weighted by molar-refractivity contribution is 7.95. The average Bonchev–Trinajstić information content (AvgIpc) is 2.89. The summed E-state index contributed by atoms with van der Waals surface area (Å²) in [6.45, 7) is 0. The number of hydrogen-bond acceptors (Lipinski definition) is 9. The van der Waals surface area contributed by atoms with Gasteiger partial charge in [-0.05, 0) is 29.8 Å². The Labute approximate surface area is 207 Å². The summed E-state index contributed by atoms with van der Waals surface area (Å²) in [5, 5.41) is 1.03. The van der Waals surface area contributed by atoms with Gasteiger partial charge in [0.2, 0.25) is 11.6 Å². The fraction of sp³-hybridized carbons (Fsp3) is 0.0833. The molecule has 0 radical (unpaired) electrons. The van der Waals surface area contributed by atoms with E-state index in [4.69, 9.17) is 14.2 Å². The van der Waals surface area contributed by atoms with Crippen LogP contribution < -0.4 is 18.9 Å². The molecular weight excluding hydrogens is 486 g/mol. The van der Waals surface area contributed by atoms with E-state index in [1.54, 1.807) is 54.6 Å². The summed E-state index contributed by atoms with van der Waals surface area (Å²) in [6, 6.07) is 17.5. The summed E-state index contributed by atoms with van der Waals surface area (Å²) in [7, 11) is -1.15. The fourth-order valence-corrected chi connectivity index (χ4v) is 3.77. The second-order valence-electron chi connectivity index (χ2n) is 6.92. The average molecular weight is 510 g/mol. The van der Waals surface area contributed by atoms with Crippen molar-refractivity contribution >= 4 is 21.9 Å². The van der Waals surface area contributed by atoms with E-state index in [-0.39, 0.29) is 34.6 Å². The summed E-state index contributed by atoms with van der Waals surface area (Å²) in [4.78, 5) is 16.9. The van der Waals surface area contributed by atoms with Gasteiger partial charge in [-0.3, -0.25) is 4.72 Å². The van der Waals surface area contributed by atoms with Gasteiger partial charge in [-0.2, -0.15) is 4.98 Å². The first-order valence-electron chi connectivity index (χ1n) is 10.3. The molecule has 0 unspecified atom stereocenters. The van der Waals surface area contributed by atoms with Gasteiger partial charge in [0.25, 0.3) is 15.9 Å². The second-order valence-corrected chi connectivity index (χ2v) is 8.49. The van der Waals surface area contributed by atoms with Crippen molar-refractivity contribution < 1.29 is 28.1 Å². The molecule has 3 N–H and O–H groups in total. The molecule has 0 spiro atoms. The Kier molecular flexibility index (Phi) is 8.49. The van der Waals surface area contributed by atoms with Crippen molar-refractivity contribution in [1.82, 2.24) is 19.9 Å². The summed E-state index contributed by atoms with van der Waals surface area (Å²) in [6.07, 6.45) is 4.50. The van der Waals surface area contributed by atoms with E-state index in [0.717, 1.165) is 5.41 Å². The largest absolute Gasteiger partial charge is 0.493 e. The first-order valence-corrected chi connectivity index (χ1v) is 11.8. The highest BCUT2D eigenvalue weighted by Gasteiger charge is 2.23. The summed E-state index contributed by atoms with van der Waals surface area (Å²) >= 11 is 0. The van der Waals surface area contributed by atoms with Gasteiger partial charge in [0, 0.05) is 12.4 Å². The number of rotatable bonds is 9. The molecule has 2 aromatic carbocycles. The number of sulfonamides is 1. The third-order valence-electron chi connectivity index (χ3n) is 4.55. The molecule has 0 amide bonds. The number of benzene rings is 2. The van der Waals surface area contributed by atoms with Crippen molar-refractivity contribution in [3.05, 3.63) is 84.0 Å². The van der Waals surface area contributed by atoms with Gasteiger partial charge in [-0.15, -0.1) is 0 Å². The molecule has 0 aliphatic heterocycles. The normalized spacial score (nSPS) is 10.9. The number of anilines is 1. The molecule has 0 aliphatic rings. The Balaban J connectivity index is 0.00000361. The second kappa shape index (κ2) is 11.7. The third-order valence-corrected chi connectivity index (χ3v) is 5.53. The van der Waals surface area contributed by atoms with Gasteiger partial charge < -0.3 is 19.7 Å². The van der Waals surface area contributed by atoms with Crippen molar-refractivity contribution in [2.75, 3.05) is 18.9 Å². The van der Waals surface area contributed by atoms with Gasteiger partial charge in [-0.1, -0.05) is 42.5 Å². The Morgan fingerprint density at radius 2 is 1.47 bits per heavy atom. The third kappa shape index (κ3) is 6.31. The van der Waals surface area contributed by atoms with Crippen molar-refractivity contribution in [2.24, 2.45) is 0 Å². The molecule has 0 saturated heterocycles. The van der Waals surface area contributed by atoms with Crippen LogP contribution in [0.5, 0.6) is 23.1 Å². The van der Waals surface area contributed by atoms with Crippen LogP contribution in [0.4, 0.5) is 5.82 Å². The summed E-state index contributed by atoms with van der Waals surface area (Å²) in [5.41, 5.74) is 0.710. The van der Waals surface area contributed by atoms with Gasteiger partial charge in [0.05, 0.1) is 19.6 Å². The number of aromatic nitrogens is 4. The maximum atomic E-state index is 12.9. The van der Waals surface area contributed by atoms with Crippen LogP contribution in [-0.4, -0.2) is 48.0 Å². The minimum absolute atomic E-state index is 0. The van der Waals surface area contributed by atoms with Crippen molar-refractivity contribution in [2.45, 2.75) is 0 Å². The summed E-state index contributed by atoms with van der Waals surface area (Å²) < 4.78 is 45.0. The molecule has 12 heteroatoms.